The van der Waals surface area contributed by atoms with Crippen molar-refractivity contribution in [3.05, 3.63) is 97.2 Å². The summed E-state index contributed by atoms with van der Waals surface area (Å²) in [5, 5.41) is 13.7. The summed E-state index contributed by atoms with van der Waals surface area (Å²) in [4.78, 5) is 25.3. The Morgan fingerprint density at radius 1 is 0.621 bits per heavy atom. The van der Waals surface area contributed by atoms with E-state index in [1.165, 1.54) is 57.8 Å². The smallest absolute Gasteiger partial charge is 0.268 e. The zero-order valence-electron chi connectivity index (χ0n) is 37.5. The summed E-state index contributed by atoms with van der Waals surface area (Å²) in [6, 6.07) is -0.932. The third-order valence-corrected chi connectivity index (χ3v) is 10.2. The number of allylic oxidation sites excluding steroid dienone is 15. The van der Waals surface area contributed by atoms with Gasteiger partial charge in [0.25, 0.3) is 7.82 Å². The van der Waals surface area contributed by atoms with Crippen molar-refractivity contribution < 1.29 is 32.9 Å². The third-order valence-electron chi connectivity index (χ3n) is 9.28. The number of likely N-dealkylation sites (N-methyl/N-ethyl adjacent to an activating group) is 1. The summed E-state index contributed by atoms with van der Waals surface area (Å²) in [7, 11) is 1.19. The van der Waals surface area contributed by atoms with Gasteiger partial charge in [-0.15, -0.1) is 0 Å². The molecule has 0 aliphatic rings. The molecule has 0 fully saturated rings. The number of aliphatic hydroxyl groups excluding tert-OH is 1. The molecule has 0 saturated carbocycles. The maximum absolute atomic E-state index is 12.8. The topological polar surface area (TPSA) is 108 Å². The van der Waals surface area contributed by atoms with Gasteiger partial charge in [0, 0.05) is 6.42 Å². The fraction of sp³-hybridized carbons (Fsp3) is 0.653. The number of rotatable bonds is 39. The lowest BCUT2D eigenvalue weighted by Crippen LogP contribution is -2.45. The number of carbonyl (C=O) groups excluding carboxylic acids is 1. The highest BCUT2D eigenvalue weighted by atomic mass is 31.2. The number of phosphoric ester groups is 1. The fourth-order valence-electron chi connectivity index (χ4n) is 5.70. The summed E-state index contributed by atoms with van der Waals surface area (Å²) < 4.78 is 23.2. The lowest BCUT2D eigenvalue weighted by molar-refractivity contribution is -0.870. The summed E-state index contributed by atoms with van der Waals surface area (Å²) in [5.74, 6) is -0.255. The van der Waals surface area contributed by atoms with E-state index in [9.17, 15) is 19.4 Å². The predicted octanol–water partition coefficient (Wildman–Crippen LogP) is 12.1. The number of amides is 1. The average Bonchev–Trinajstić information content (AvgIpc) is 3.17. The molecule has 9 heteroatoms. The number of hydrogen-bond donors (Lipinski definition) is 2. The Kier molecular flexibility index (Phi) is 38.1. The number of unbranched alkanes of at least 4 members (excludes halogenated alkanes) is 12. The highest BCUT2D eigenvalue weighted by Gasteiger charge is 2.23. The van der Waals surface area contributed by atoms with Gasteiger partial charge in [-0.3, -0.25) is 9.36 Å². The molecule has 3 unspecified atom stereocenters. The molecule has 0 saturated heterocycles. The lowest BCUT2D eigenvalue weighted by Gasteiger charge is -2.29. The number of nitrogens with one attached hydrogen (secondary N) is 1. The molecule has 8 nitrogen and oxygen atoms in total. The second kappa shape index (κ2) is 39.9. The van der Waals surface area contributed by atoms with Gasteiger partial charge in [0.05, 0.1) is 39.9 Å². The zero-order valence-corrected chi connectivity index (χ0v) is 38.3. The van der Waals surface area contributed by atoms with Crippen molar-refractivity contribution in [2.75, 3.05) is 40.9 Å². The second-order valence-corrected chi connectivity index (χ2v) is 17.4. The first-order valence-electron chi connectivity index (χ1n) is 22.6. The molecule has 2 N–H and O–H groups in total. The Bertz CT molecular complexity index is 1260. The molecule has 0 heterocycles. The Morgan fingerprint density at radius 2 is 1.07 bits per heavy atom. The van der Waals surface area contributed by atoms with Gasteiger partial charge in [0.2, 0.25) is 5.91 Å². The number of nitrogens with zero attached hydrogens (tertiary/aromatic N) is 1. The molecule has 58 heavy (non-hydrogen) atoms. The van der Waals surface area contributed by atoms with Gasteiger partial charge in [-0.05, 0) is 83.5 Å². The number of hydrogen-bond acceptors (Lipinski definition) is 6. The van der Waals surface area contributed by atoms with Gasteiger partial charge < -0.3 is 28.8 Å². The van der Waals surface area contributed by atoms with E-state index in [0.717, 1.165) is 70.6 Å². The molecule has 1 amide bonds. The van der Waals surface area contributed by atoms with Gasteiger partial charge in [-0.1, -0.05) is 162 Å². The SMILES string of the molecule is CC/C=C\C/C=C\C/C=C\C/C=C\C/C=C\C/C=C\CCCCC(=O)NC(COP(=O)([O-])OCC[N+](C)(C)C)C(O)/C=C/CC/C=C/CCCCCCCCCCC. The van der Waals surface area contributed by atoms with Crippen LogP contribution in [-0.4, -0.2) is 68.5 Å². The van der Waals surface area contributed by atoms with Crippen LogP contribution < -0.4 is 10.2 Å². The van der Waals surface area contributed by atoms with Crippen molar-refractivity contribution in [3.63, 3.8) is 0 Å². The van der Waals surface area contributed by atoms with E-state index in [1.807, 2.05) is 27.2 Å². The van der Waals surface area contributed by atoms with Crippen LogP contribution in [0.4, 0.5) is 0 Å². The average molecular weight is 829 g/mol. The summed E-state index contributed by atoms with van der Waals surface area (Å²) in [6.45, 7) is 4.44. The van der Waals surface area contributed by atoms with Crippen molar-refractivity contribution in [3.8, 4) is 0 Å². The Labute approximate surface area is 356 Å². The molecule has 0 aromatic carbocycles. The maximum atomic E-state index is 12.8. The monoisotopic (exact) mass is 829 g/mol. The normalized spacial score (nSPS) is 15.2. The Morgan fingerprint density at radius 3 is 1.60 bits per heavy atom. The van der Waals surface area contributed by atoms with Gasteiger partial charge in [-0.25, -0.2) is 0 Å². The van der Waals surface area contributed by atoms with Crippen LogP contribution in [0.1, 0.15) is 155 Å². The van der Waals surface area contributed by atoms with Gasteiger partial charge in [0.15, 0.2) is 0 Å². The van der Waals surface area contributed by atoms with Crippen molar-refractivity contribution in [2.24, 2.45) is 0 Å². The Balaban J connectivity index is 4.57. The number of aliphatic hydroxyl groups is 1. The Hall–Kier alpha value is -2.58. The molecule has 0 rings (SSSR count). The quantitative estimate of drug-likeness (QED) is 0.0276. The van der Waals surface area contributed by atoms with Crippen molar-refractivity contribution in [1.82, 2.24) is 5.32 Å². The number of carbonyl (C=O) groups is 1. The first kappa shape index (κ1) is 55.4. The molecular weight excluding hydrogens is 744 g/mol. The highest BCUT2D eigenvalue weighted by Crippen LogP contribution is 2.38. The first-order valence-corrected chi connectivity index (χ1v) is 24.1. The molecule has 0 spiro atoms. The van der Waals surface area contributed by atoms with E-state index in [1.54, 1.807) is 6.08 Å². The lowest BCUT2D eigenvalue weighted by atomic mass is 10.1. The zero-order chi connectivity index (χ0) is 42.8. The van der Waals surface area contributed by atoms with Crippen LogP contribution in [0.3, 0.4) is 0 Å². The van der Waals surface area contributed by atoms with E-state index in [4.69, 9.17) is 9.05 Å². The van der Waals surface area contributed by atoms with Crippen molar-refractivity contribution in [1.29, 1.82) is 0 Å². The van der Waals surface area contributed by atoms with Crippen LogP contribution >= 0.6 is 7.82 Å². The fourth-order valence-corrected chi connectivity index (χ4v) is 6.42. The summed E-state index contributed by atoms with van der Waals surface area (Å²) in [5.41, 5.74) is 0. The summed E-state index contributed by atoms with van der Waals surface area (Å²) >= 11 is 0. The minimum Gasteiger partial charge on any atom is -0.756 e. The van der Waals surface area contributed by atoms with Crippen LogP contribution in [0.25, 0.3) is 0 Å². The third kappa shape index (κ3) is 41.6. The standard InChI is InChI=1S/C49H85N2O6P/c1-6-8-10-12-14-16-18-20-22-23-24-25-26-27-29-31-33-35-37-39-41-43-49(53)50-47(46-57-58(54,55)56-45-44-51(3,4)5)48(52)42-40-38-36-34-32-30-28-21-19-17-15-13-11-9-7-2/h8,10,14,16,20,22,24-25,27,29,32-35,40,42,47-48,52H,6-7,9,11-13,15,17-19,21,23,26,28,30-31,36-39,41,43-46H2,1-5H3,(H-,50,53,54,55)/b10-8-,16-14-,22-20-,25-24-,29-27-,34-32+,35-33-,42-40+. The van der Waals surface area contributed by atoms with Crippen LogP contribution in [0.15, 0.2) is 97.2 Å². The van der Waals surface area contributed by atoms with E-state index >= 15 is 0 Å². The summed E-state index contributed by atoms with van der Waals surface area (Å²) in [6.07, 6.45) is 56.0. The van der Waals surface area contributed by atoms with Crippen LogP contribution in [-0.2, 0) is 18.4 Å². The van der Waals surface area contributed by atoms with E-state index in [-0.39, 0.29) is 18.9 Å². The molecular formula is C49H85N2O6P. The largest absolute Gasteiger partial charge is 0.756 e. The maximum Gasteiger partial charge on any atom is 0.268 e. The molecule has 0 aliphatic carbocycles. The molecule has 0 bridgehead atoms. The van der Waals surface area contributed by atoms with E-state index in [2.05, 4.69) is 104 Å². The van der Waals surface area contributed by atoms with Crippen molar-refractivity contribution in [2.45, 2.75) is 167 Å². The first-order chi connectivity index (χ1) is 28.0. The van der Waals surface area contributed by atoms with Crippen LogP contribution in [0.2, 0.25) is 0 Å². The molecule has 0 radical (unpaired) electrons. The molecule has 0 aliphatic heterocycles. The molecule has 3 atom stereocenters. The number of quaternary nitrogens is 1. The van der Waals surface area contributed by atoms with Crippen LogP contribution in [0, 0.1) is 0 Å². The van der Waals surface area contributed by atoms with E-state index in [0.29, 0.717) is 17.4 Å². The highest BCUT2D eigenvalue weighted by molar-refractivity contribution is 7.45. The molecule has 332 valence electrons. The predicted molar refractivity (Wildman–Crippen MR) is 246 cm³/mol. The van der Waals surface area contributed by atoms with Crippen LogP contribution in [0.5, 0.6) is 0 Å². The van der Waals surface area contributed by atoms with Gasteiger partial charge >= 0.3 is 0 Å². The minimum absolute atomic E-state index is 0.0207. The van der Waals surface area contributed by atoms with E-state index < -0.39 is 26.6 Å². The van der Waals surface area contributed by atoms with Gasteiger partial charge in [-0.2, -0.15) is 0 Å². The minimum atomic E-state index is -4.61. The number of phosphoric acid groups is 1. The molecule has 0 aromatic rings. The van der Waals surface area contributed by atoms with Gasteiger partial charge in [0.1, 0.15) is 13.2 Å². The van der Waals surface area contributed by atoms with Crippen molar-refractivity contribution >= 4 is 13.7 Å². The molecule has 0 aromatic heterocycles. The second-order valence-electron chi connectivity index (χ2n) is 16.0.